The molecule has 2 aromatic carbocycles. The van der Waals surface area contributed by atoms with Crippen LogP contribution in [0.3, 0.4) is 0 Å². The van der Waals surface area contributed by atoms with Gasteiger partial charge in [-0.1, -0.05) is 35.3 Å². The SMILES string of the molecule is COc1cc(Cl)c2nc(-c3cccc(Cl)c3)[nH]c2c1. The first kappa shape index (κ1) is 12.3. The van der Waals surface area contributed by atoms with Gasteiger partial charge in [-0.05, 0) is 12.1 Å². The van der Waals surface area contributed by atoms with E-state index in [2.05, 4.69) is 9.97 Å². The minimum absolute atomic E-state index is 0.555. The molecular formula is C14H10Cl2N2O. The quantitative estimate of drug-likeness (QED) is 0.753. The average molecular weight is 293 g/mol. The topological polar surface area (TPSA) is 37.9 Å². The maximum absolute atomic E-state index is 6.18. The summed E-state index contributed by atoms with van der Waals surface area (Å²) >= 11 is 12.2. The first-order chi connectivity index (χ1) is 9.17. The third-order valence-corrected chi connectivity index (χ3v) is 3.37. The number of aromatic amines is 1. The molecule has 96 valence electrons. The van der Waals surface area contributed by atoms with Gasteiger partial charge >= 0.3 is 0 Å². The number of hydrogen-bond donors (Lipinski definition) is 1. The Bertz CT molecular complexity index is 752. The van der Waals surface area contributed by atoms with Crippen LogP contribution in [-0.2, 0) is 0 Å². The zero-order valence-electron chi connectivity index (χ0n) is 10.1. The number of nitrogens with zero attached hydrogens (tertiary/aromatic N) is 1. The van der Waals surface area contributed by atoms with Gasteiger partial charge in [0.15, 0.2) is 0 Å². The Labute approximate surface area is 120 Å². The van der Waals surface area contributed by atoms with Crippen molar-refractivity contribution in [2.24, 2.45) is 0 Å². The van der Waals surface area contributed by atoms with E-state index < -0.39 is 0 Å². The molecule has 3 aromatic rings. The van der Waals surface area contributed by atoms with Crippen molar-refractivity contribution in [2.75, 3.05) is 7.11 Å². The zero-order chi connectivity index (χ0) is 13.4. The van der Waals surface area contributed by atoms with Gasteiger partial charge in [0, 0.05) is 22.7 Å². The van der Waals surface area contributed by atoms with E-state index in [0.717, 1.165) is 22.4 Å². The number of nitrogens with one attached hydrogen (secondary N) is 1. The highest BCUT2D eigenvalue weighted by atomic mass is 35.5. The monoisotopic (exact) mass is 292 g/mol. The fourth-order valence-corrected chi connectivity index (χ4v) is 2.38. The Balaban J connectivity index is 2.19. The van der Waals surface area contributed by atoms with Gasteiger partial charge in [0.2, 0.25) is 0 Å². The molecule has 1 heterocycles. The number of fused-ring (bicyclic) bond motifs is 1. The number of halogens is 2. The molecule has 0 radical (unpaired) electrons. The summed E-state index contributed by atoms with van der Waals surface area (Å²) in [7, 11) is 1.60. The molecule has 1 N–H and O–H groups in total. The lowest BCUT2D eigenvalue weighted by Gasteiger charge is -1.99. The smallest absolute Gasteiger partial charge is 0.138 e. The standard InChI is InChI=1S/C14H10Cl2N2O/c1-19-10-6-11(16)13-12(7-10)17-14(18-13)8-3-2-4-9(15)5-8/h2-7H,1H3,(H,17,18). The zero-order valence-corrected chi connectivity index (χ0v) is 11.6. The number of methoxy groups -OCH3 is 1. The number of benzene rings is 2. The molecule has 0 fully saturated rings. The van der Waals surface area contributed by atoms with Crippen LogP contribution in [-0.4, -0.2) is 17.1 Å². The Morgan fingerprint density at radius 3 is 2.74 bits per heavy atom. The minimum Gasteiger partial charge on any atom is -0.497 e. The highest BCUT2D eigenvalue weighted by Gasteiger charge is 2.10. The van der Waals surface area contributed by atoms with Crippen LogP contribution in [0.15, 0.2) is 36.4 Å². The summed E-state index contributed by atoms with van der Waals surface area (Å²) in [5.74, 6) is 1.42. The van der Waals surface area contributed by atoms with E-state index >= 15 is 0 Å². The lowest BCUT2D eigenvalue weighted by atomic mass is 10.2. The molecule has 0 spiro atoms. The largest absolute Gasteiger partial charge is 0.497 e. The highest BCUT2D eigenvalue weighted by molar-refractivity contribution is 6.35. The second-order valence-corrected chi connectivity index (χ2v) is 4.94. The maximum Gasteiger partial charge on any atom is 0.138 e. The molecule has 19 heavy (non-hydrogen) atoms. The van der Waals surface area contributed by atoms with Crippen LogP contribution in [0.2, 0.25) is 10.0 Å². The highest BCUT2D eigenvalue weighted by Crippen LogP contribution is 2.30. The van der Waals surface area contributed by atoms with E-state index in [1.165, 1.54) is 0 Å². The number of H-pyrrole nitrogens is 1. The second-order valence-electron chi connectivity index (χ2n) is 4.10. The number of aromatic nitrogens is 2. The van der Waals surface area contributed by atoms with Crippen LogP contribution >= 0.6 is 23.2 Å². The summed E-state index contributed by atoms with van der Waals surface area (Å²) in [5, 5.41) is 1.22. The van der Waals surface area contributed by atoms with Gasteiger partial charge in [0.25, 0.3) is 0 Å². The molecule has 0 saturated heterocycles. The molecular weight excluding hydrogens is 283 g/mol. The summed E-state index contributed by atoms with van der Waals surface area (Å²) in [4.78, 5) is 7.72. The Morgan fingerprint density at radius 2 is 2.00 bits per heavy atom. The van der Waals surface area contributed by atoms with E-state index in [-0.39, 0.29) is 0 Å². The Hall–Kier alpha value is -1.71. The molecule has 0 aliphatic carbocycles. The van der Waals surface area contributed by atoms with Gasteiger partial charge in [0.05, 0.1) is 17.6 Å². The van der Waals surface area contributed by atoms with E-state index in [0.29, 0.717) is 15.8 Å². The lowest BCUT2D eigenvalue weighted by molar-refractivity contribution is 0.415. The average Bonchev–Trinajstić information content (AvgIpc) is 2.83. The fourth-order valence-electron chi connectivity index (χ4n) is 1.94. The third kappa shape index (κ3) is 2.27. The van der Waals surface area contributed by atoms with Gasteiger partial charge in [-0.15, -0.1) is 0 Å². The molecule has 3 nitrogen and oxygen atoms in total. The van der Waals surface area contributed by atoms with E-state index in [1.54, 1.807) is 13.2 Å². The number of imidazole rings is 1. The van der Waals surface area contributed by atoms with Crippen LogP contribution in [0, 0.1) is 0 Å². The van der Waals surface area contributed by atoms with E-state index in [4.69, 9.17) is 27.9 Å². The Kier molecular flexibility index (Phi) is 3.09. The van der Waals surface area contributed by atoms with Gasteiger partial charge in [0.1, 0.15) is 17.1 Å². The summed E-state index contributed by atoms with van der Waals surface area (Å²) in [5.41, 5.74) is 2.47. The normalized spacial score (nSPS) is 10.9. The second kappa shape index (κ2) is 4.76. The van der Waals surface area contributed by atoms with Crippen molar-refractivity contribution in [1.29, 1.82) is 0 Å². The molecule has 0 amide bonds. The van der Waals surface area contributed by atoms with Gasteiger partial charge in [-0.3, -0.25) is 0 Å². The summed E-state index contributed by atoms with van der Waals surface area (Å²) in [6.07, 6.45) is 0. The molecule has 0 saturated carbocycles. The fraction of sp³-hybridized carbons (Fsp3) is 0.0714. The van der Waals surface area contributed by atoms with Crippen LogP contribution in [0.5, 0.6) is 5.75 Å². The molecule has 0 atom stereocenters. The minimum atomic E-state index is 0.555. The summed E-state index contributed by atoms with van der Waals surface area (Å²) < 4.78 is 5.18. The van der Waals surface area contributed by atoms with Crippen LogP contribution in [0.1, 0.15) is 0 Å². The molecule has 0 aliphatic rings. The van der Waals surface area contributed by atoms with Crippen molar-refractivity contribution in [3.8, 4) is 17.1 Å². The van der Waals surface area contributed by atoms with Crippen molar-refractivity contribution in [3.05, 3.63) is 46.4 Å². The third-order valence-electron chi connectivity index (χ3n) is 2.85. The molecule has 1 aromatic heterocycles. The first-order valence-corrected chi connectivity index (χ1v) is 6.42. The van der Waals surface area contributed by atoms with E-state index in [9.17, 15) is 0 Å². The van der Waals surface area contributed by atoms with Crippen molar-refractivity contribution >= 4 is 34.2 Å². The maximum atomic E-state index is 6.18. The van der Waals surface area contributed by atoms with E-state index in [1.807, 2.05) is 30.3 Å². The molecule has 3 rings (SSSR count). The summed E-state index contributed by atoms with van der Waals surface area (Å²) in [6.45, 7) is 0. The van der Waals surface area contributed by atoms with Crippen molar-refractivity contribution < 1.29 is 4.74 Å². The molecule has 0 bridgehead atoms. The van der Waals surface area contributed by atoms with Gasteiger partial charge < -0.3 is 9.72 Å². The first-order valence-electron chi connectivity index (χ1n) is 5.66. The van der Waals surface area contributed by atoms with Gasteiger partial charge in [-0.25, -0.2) is 4.98 Å². The number of ether oxygens (including phenoxy) is 1. The van der Waals surface area contributed by atoms with Crippen molar-refractivity contribution in [3.63, 3.8) is 0 Å². The van der Waals surface area contributed by atoms with Crippen molar-refractivity contribution in [2.45, 2.75) is 0 Å². The van der Waals surface area contributed by atoms with Crippen molar-refractivity contribution in [1.82, 2.24) is 9.97 Å². The summed E-state index contributed by atoms with van der Waals surface area (Å²) in [6, 6.07) is 11.1. The van der Waals surface area contributed by atoms with Crippen LogP contribution < -0.4 is 4.74 Å². The number of rotatable bonds is 2. The molecule has 0 aliphatic heterocycles. The predicted octanol–water partition coefficient (Wildman–Crippen LogP) is 4.55. The molecule has 5 heteroatoms. The molecule has 0 unspecified atom stereocenters. The predicted molar refractivity (Wildman–Crippen MR) is 78.1 cm³/mol. The Morgan fingerprint density at radius 1 is 1.16 bits per heavy atom. The lowest BCUT2D eigenvalue weighted by Crippen LogP contribution is -1.82. The van der Waals surface area contributed by atoms with Crippen LogP contribution in [0.4, 0.5) is 0 Å². The van der Waals surface area contributed by atoms with Crippen LogP contribution in [0.25, 0.3) is 22.4 Å². The van der Waals surface area contributed by atoms with Gasteiger partial charge in [-0.2, -0.15) is 0 Å². The number of hydrogen-bond acceptors (Lipinski definition) is 2.